The fourth-order valence-corrected chi connectivity index (χ4v) is 3.68. The summed E-state index contributed by atoms with van der Waals surface area (Å²) in [5, 5.41) is 7.92. The van der Waals surface area contributed by atoms with E-state index in [0.29, 0.717) is 0 Å². The summed E-state index contributed by atoms with van der Waals surface area (Å²) >= 11 is 0. The van der Waals surface area contributed by atoms with Crippen molar-refractivity contribution in [1.82, 2.24) is 20.5 Å². The summed E-state index contributed by atoms with van der Waals surface area (Å²) < 4.78 is 18.8. The average molecular weight is 503 g/mol. The number of aliphatic imine (C=N–C) groups is 1. The van der Waals surface area contributed by atoms with Crippen molar-refractivity contribution in [3.8, 4) is 0 Å². The molecular weight excluding hydrogens is 472 g/mol. The normalized spacial score (nSPS) is 16.8. The van der Waals surface area contributed by atoms with Crippen LogP contribution in [0.4, 0.5) is 4.39 Å². The molecule has 1 aliphatic heterocycles. The average Bonchev–Trinajstić information content (AvgIpc) is 3.07. The van der Waals surface area contributed by atoms with Crippen LogP contribution in [0.2, 0.25) is 0 Å². The SMILES string of the molecule is CN=C(NCCc1c[nH]c2cc(F)ccc12)NCC1(N(C)C)CCOCC1.I. The van der Waals surface area contributed by atoms with Gasteiger partial charge in [0.15, 0.2) is 5.96 Å². The molecular formula is C20H31FIN5O. The maximum absolute atomic E-state index is 13.3. The number of nitrogens with zero attached hydrogens (tertiary/aromatic N) is 2. The van der Waals surface area contributed by atoms with Crippen LogP contribution in [0, 0.1) is 5.82 Å². The lowest BCUT2D eigenvalue weighted by atomic mass is 9.88. The first-order valence-electron chi connectivity index (χ1n) is 9.49. The Balaban J connectivity index is 0.00000280. The van der Waals surface area contributed by atoms with E-state index in [0.717, 1.165) is 62.4 Å². The van der Waals surface area contributed by atoms with Crippen LogP contribution in [0.15, 0.2) is 29.4 Å². The Labute approximate surface area is 183 Å². The van der Waals surface area contributed by atoms with Gasteiger partial charge in [0, 0.05) is 56.0 Å². The van der Waals surface area contributed by atoms with Crippen LogP contribution in [0.25, 0.3) is 10.9 Å². The second kappa shape index (κ2) is 10.4. The van der Waals surface area contributed by atoms with E-state index in [1.165, 1.54) is 17.7 Å². The van der Waals surface area contributed by atoms with Crippen LogP contribution in [-0.2, 0) is 11.2 Å². The number of nitrogens with one attached hydrogen (secondary N) is 3. The number of rotatable bonds is 6. The van der Waals surface area contributed by atoms with Crippen LogP contribution in [-0.4, -0.2) is 68.8 Å². The molecule has 0 saturated carbocycles. The summed E-state index contributed by atoms with van der Waals surface area (Å²) in [6.45, 7) is 3.18. The minimum Gasteiger partial charge on any atom is -0.381 e. The Morgan fingerprint density at radius 3 is 2.71 bits per heavy atom. The van der Waals surface area contributed by atoms with Crippen LogP contribution in [0.3, 0.4) is 0 Å². The number of halogens is 2. The second-order valence-electron chi connectivity index (χ2n) is 7.34. The zero-order valence-electron chi connectivity index (χ0n) is 16.8. The Bertz CT molecular complexity index is 786. The predicted molar refractivity (Wildman–Crippen MR) is 123 cm³/mol. The van der Waals surface area contributed by atoms with Gasteiger partial charge < -0.3 is 25.3 Å². The zero-order valence-corrected chi connectivity index (χ0v) is 19.2. The molecule has 1 aliphatic rings. The molecule has 0 spiro atoms. The van der Waals surface area contributed by atoms with Crippen molar-refractivity contribution >= 4 is 40.8 Å². The van der Waals surface area contributed by atoms with E-state index in [1.54, 1.807) is 7.05 Å². The number of aromatic nitrogens is 1. The molecule has 0 radical (unpaired) electrons. The minimum atomic E-state index is -0.221. The molecule has 6 nitrogen and oxygen atoms in total. The summed E-state index contributed by atoms with van der Waals surface area (Å²) in [5.74, 6) is 0.579. The van der Waals surface area contributed by atoms with Gasteiger partial charge in [0.1, 0.15) is 5.82 Å². The molecule has 8 heteroatoms. The van der Waals surface area contributed by atoms with Crippen LogP contribution in [0.1, 0.15) is 18.4 Å². The smallest absolute Gasteiger partial charge is 0.191 e. The molecule has 1 aromatic carbocycles. The molecule has 156 valence electrons. The molecule has 0 unspecified atom stereocenters. The van der Waals surface area contributed by atoms with E-state index in [1.807, 2.05) is 12.3 Å². The van der Waals surface area contributed by atoms with Crippen molar-refractivity contribution in [1.29, 1.82) is 0 Å². The highest BCUT2D eigenvalue weighted by molar-refractivity contribution is 14.0. The predicted octanol–water partition coefficient (Wildman–Crippen LogP) is 2.74. The Morgan fingerprint density at radius 1 is 1.29 bits per heavy atom. The third-order valence-corrected chi connectivity index (χ3v) is 5.60. The number of benzene rings is 1. The van der Waals surface area contributed by atoms with Gasteiger partial charge in [-0.2, -0.15) is 0 Å². The van der Waals surface area contributed by atoms with Gasteiger partial charge in [-0.05, 0) is 57.1 Å². The fraction of sp³-hybridized carbons (Fsp3) is 0.550. The first kappa shape index (κ1) is 22.9. The molecule has 2 aromatic rings. The van der Waals surface area contributed by atoms with E-state index in [2.05, 4.69) is 39.6 Å². The molecule has 0 atom stereocenters. The van der Waals surface area contributed by atoms with Crippen LogP contribution >= 0.6 is 24.0 Å². The zero-order chi connectivity index (χ0) is 19.3. The van der Waals surface area contributed by atoms with Crippen molar-refractivity contribution < 1.29 is 9.13 Å². The van der Waals surface area contributed by atoms with E-state index >= 15 is 0 Å². The third kappa shape index (κ3) is 5.36. The number of fused-ring (bicyclic) bond motifs is 1. The van der Waals surface area contributed by atoms with Gasteiger partial charge in [0.25, 0.3) is 0 Å². The lowest BCUT2D eigenvalue weighted by molar-refractivity contribution is -0.00500. The van der Waals surface area contributed by atoms with Gasteiger partial charge in [-0.3, -0.25) is 4.99 Å². The van der Waals surface area contributed by atoms with Crippen molar-refractivity contribution in [3.63, 3.8) is 0 Å². The Hall–Kier alpha value is -1.39. The number of likely N-dealkylation sites (N-methyl/N-ethyl adjacent to an activating group) is 1. The number of guanidine groups is 1. The maximum atomic E-state index is 13.3. The van der Waals surface area contributed by atoms with Crippen molar-refractivity contribution in [3.05, 3.63) is 35.8 Å². The number of hydrogen-bond acceptors (Lipinski definition) is 3. The largest absolute Gasteiger partial charge is 0.381 e. The summed E-state index contributed by atoms with van der Waals surface area (Å²) in [7, 11) is 6.04. The van der Waals surface area contributed by atoms with Crippen molar-refractivity contribution in [2.24, 2.45) is 4.99 Å². The Kier molecular flexibility index (Phi) is 8.51. The molecule has 28 heavy (non-hydrogen) atoms. The summed E-state index contributed by atoms with van der Waals surface area (Å²) in [6, 6.07) is 4.86. The standard InChI is InChI=1S/C20H30FN5O.HI/c1-22-19(25-14-20(26(2)3)7-10-27-11-8-20)23-9-6-15-13-24-18-12-16(21)4-5-17(15)18;/h4-5,12-13,24H,6-11,14H2,1-3H3,(H2,22,23,25);1H. The number of hydrogen-bond donors (Lipinski definition) is 3. The molecule has 2 heterocycles. The van der Waals surface area contributed by atoms with Crippen molar-refractivity contribution in [2.75, 3.05) is 47.4 Å². The quantitative estimate of drug-likeness (QED) is 0.323. The van der Waals surface area contributed by atoms with Gasteiger partial charge in [0.2, 0.25) is 0 Å². The third-order valence-electron chi connectivity index (χ3n) is 5.60. The number of ether oxygens (including phenoxy) is 1. The van der Waals surface area contributed by atoms with Gasteiger partial charge >= 0.3 is 0 Å². The molecule has 1 fully saturated rings. The molecule has 3 rings (SSSR count). The molecule has 0 amide bonds. The van der Waals surface area contributed by atoms with Gasteiger partial charge in [-0.25, -0.2) is 4.39 Å². The number of H-pyrrole nitrogens is 1. The summed E-state index contributed by atoms with van der Waals surface area (Å²) in [4.78, 5) is 9.77. The van der Waals surface area contributed by atoms with Crippen LogP contribution in [0.5, 0.6) is 0 Å². The maximum Gasteiger partial charge on any atom is 0.191 e. The molecule has 0 bridgehead atoms. The van der Waals surface area contributed by atoms with Crippen LogP contribution < -0.4 is 10.6 Å². The van der Waals surface area contributed by atoms with E-state index in [-0.39, 0.29) is 35.3 Å². The minimum absolute atomic E-state index is 0. The fourth-order valence-electron chi connectivity index (χ4n) is 3.68. The lowest BCUT2D eigenvalue weighted by Gasteiger charge is -2.43. The molecule has 1 saturated heterocycles. The second-order valence-corrected chi connectivity index (χ2v) is 7.34. The van der Waals surface area contributed by atoms with Gasteiger partial charge in [-0.15, -0.1) is 24.0 Å². The highest BCUT2D eigenvalue weighted by Gasteiger charge is 2.34. The molecule has 0 aliphatic carbocycles. The topological polar surface area (TPSA) is 64.7 Å². The summed E-state index contributed by atoms with van der Waals surface area (Å²) in [5.41, 5.74) is 2.10. The van der Waals surface area contributed by atoms with E-state index in [9.17, 15) is 4.39 Å². The van der Waals surface area contributed by atoms with E-state index in [4.69, 9.17) is 4.74 Å². The first-order valence-corrected chi connectivity index (χ1v) is 9.49. The van der Waals surface area contributed by atoms with Gasteiger partial charge in [-0.1, -0.05) is 0 Å². The van der Waals surface area contributed by atoms with E-state index < -0.39 is 0 Å². The first-order chi connectivity index (χ1) is 13.0. The van der Waals surface area contributed by atoms with Gasteiger partial charge in [0.05, 0.1) is 0 Å². The molecule has 3 N–H and O–H groups in total. The van der Waals surface area contributed by atoms with Crippen molar-refractivity contribution in [2.45, 2.75) is 24.8 Å². The number of aromatic amines is 1. The molecule has 1 aromatic heterocycles. The summed E-state index contributed by atoms with van der Waals surface area (Å²) in [6.07, 6.45) is 4.80. The lowest BCUT2D eigenvalue weighted by Crippen LogP contribution is -2.57. The monoisotopic (exact) mass is 503 g/mol. The highest BCUT2D eigenvalue weighted by Crippen LogP contribution is 2.25. The Morgan fingerprint density at radius 2 is 2.04 bits per heavy atom. The highest BCUT2D eigenvalue weighted by atomic mass is 127.